The van der Waals surface area contributed by atoms with Crippen LogP contribution in [0.25, 0.3) is 0 Å². The van der Waals surface area contributed by atoms with Gasteiger partial charge >= 0.3 is 5.97 Å². The molecule has 0 bridgehead atoms. The van der Waals surface area contributed by atoms with Crippen LogP contribution in [-0.2, 0) is 27.9 Å². The van der Waals surface area contributed by atoms with Crippen molar-refractivity contribution in [1.29, 1.82) is 0 Å². The fourth-order valence-corrected chi connectivity index (χ4v) is 10.5. The molecule has 0 radical (unpaired) electrons. The van der Waals surface area contributed by atoms with Crippen molar-refractivity contribution in [3.63, 3.8) is 0 Å². The van der Waals surface area contributed by atoms with Crippen molar-refractivity contribution in [2.24, 2.45) is 0 Å². The first-order chi connectivity index (χ1) is 38.9. The maximum atomic E-state index is 13.6. The quantitative estimate of drug-likeness (QED) is 0.0212. The van der Waals surface area contributed by atoms with E-state index >= 15 is 0 Å². The normalized spacial score (nSPS) is 14.0. The lowest BCUT2D eigenvalue weighted by molar-refractivity contribution is -0.870. The van der Waals surface area contributed by atoms with E-state index in [1.54, 1.807) is 0 Å². The lowest BCUT2D eigenvalue weighted by atomic mass is 10.0. The summed E-state index contributed by atoms with van der Waals surface area (Å²) >= 11 is 0. The van der Waals surface area contributed by atoms with Crippen molar-refractivity contribution in [3.05, 3.63) is 72.9 Å². The molecule has 0 aliphatic heterocycles. The Morgan fingerprint density at radius 3 is 1.20 bits per heavy atom. The summed E-state index contributed by atoms with van der Waals surface area (Å²) in [5, 5.41) is 3.04. The van der Waals surface area contributed by atoms with E-state index in [0.29, 0.717) is 17.4 Å². The van der Waals surface area contributed by atoms with Crippen LogP contribution in [0.2, 0.25) is 0 Å². The van der Waals surface area contributed by atoms with Crippen LogP contribution in [0.3, 0.4) is 0 Å². The molecule has 0 heterocycles. The summed E-state index contributed by atoms with van der Waals surface area (Å²) < 4.78 is 30.4. The van der Waals surface area contributed by atoms with Gasteiger partial charge in [0, 0.05) is 12.8 Å². The minimum atomic E-state index is -4.70. The third kappa shape index (κ3) is 60.1. The minimum absolute atomic E-state index is 0.0235. The van der Waals surface area contributed by atoms with E-state index in [4.69, 9.17) is 13.8 Å². The summed E-state index contributed by atoms with van der Waals surface area (Å²) in [7, 11) is 1.19. The molecule has 10 heteroatoms. The second-order valence-electron chi connectivity index (χ2n) is 24.0. The molecule has 0 aromatic rings. The van der Waals surface area contributed by atoms with Crippen LogP contribution in [0.1, 0.15) is 310 Å². The molecule has 3 atom stereocenters. The number of esters is 1. The van der Waals surface area contributed by atoms with Crippen LogP contribution in [0.5, 0.6) is 0 Å². The van der Waals surface area contributed by atoms with Crippen molar-refractivity contribution in [2.75, 3.05) is 40.9 Å². The monoisotopic (exact) mass is 1140 g/mol. The number of hydrogen-bond acceptors (Lipinski definition) is 7. The molecule has 0 fully saturated rings. The first-order valence-electron chi connectivity index (χ1n) is 33.7. The van der Waals surface area contributed by atoms with Gasteiger partial charge in [-0.15, -0.1) is 0 Å². The van der Waals surface area contributed by atoms with E-state index in [-0.39, 0.29) is 31.5 Å². The summed E-state index contributed by atoms with van der Waals surface area (Å²) in [6.07, 6.45) is 77.2. The topological polar surface area (TPSA) is 114 Å². The summed E-state index contributed by atoms with van der Waals surface area (Å²) in [6.45, 7) is 6.76. The molecule has 3 unspecified atom stereocenters. The Bertz CT molecular complexity index is 1600. The predicted molar refractivity (Wildman–Crippen MR) is 344 cm³/mol. The molecule has 0 saturated heterocycles. The Morgan fingerprint density at radius 2 is 0.800 bits per heavy atom. The largest absolute Gasteiger partial charge is 0.756 e. The molecular formula is C70H129N2O7P. The van der Waals surface area contributed by atoms with Crippen LogP contribution in [-0.4, -0.2) is 69.4 Å². The zero-order valence-electron chi connectivity index (χ0n) is 53.3. The number of quaternary nitrogens is 1. The summed E-state index contributed by atoms with van der Waals surface area (Å²) in [4.78, 5) is 40.1. The molecule has 1 amide bonds. The minimum Gasteiger partial charge on any atom is -0.756 e. The molecule has 0 aliphatic carbocycles. The van der Waals surface area contributed by atoms with E-state index in [1.807, 2.05) is 33.3 Å². The first-order valence-corrected chi connectivity index (χ1v) is 35.2. The Balaban J connectivity index is 5.15. The van der Waals surface area contributed by atoms with Crippen LogP contribution >= 0.6 is 7.82 Å². The summed E-state index contributed by atoms with van der Waals surface area (Å²) in [5.41, 5.74) is 0. The van der Waals surface area contributed by atoms with Gasteiger partial charge < -0.3 is 28.5 Å². The van der Waals surface area contributed by atoms with E-state index in [0.717, 1.165) is 103 Å². The summed E-state index contributed by atoms with van der Waals surface area (Å²) in [5.74, 6) is -0.538. The number of phosphoric ester groups is 1. The fourth-order valence-electron chi connectivity index (χ4n) is 9.73. The maximum absolute atomic E-state index is 13.6. The number of carbonyl (C=O) groups is 2. The molecule has 466 valence electrons. The van der Waals surface area contributed by atoms with E-state index in [1.165, 1.54) is 173 Å². The molecule has 80 heavy (non-hydrogen) atoms. The standard InChI is InChI=1S/C70H129N2O7P/c1-7-10-13-16-19-22-25-28-30-32-33-34-35-36-37-38-39-40-42-45-48-51-54-57-60-63-70(74)79-68(61-58-55-52-49-46-43-27-24-21-18-15-12-9-3)67(66-78-80(75,76)77-65-64-72(4,5)6)71-69(73)62-59-56-53-50-47-44-41-31-29-26-23-20-17-14-11-8-2/h10,13,19,22,28,30,33-34,36-37,58,61,67-68H,7-9,11-12,14-18,20-21,23-27,29,31-32,35,38-57,59-60,62-66H2,1-6H3,(H-,71,73,75,76)/b13-10-,22-19-,30-28-,34-33-,37-36-,61-58+. The second kappa shape index (κ2) is 59.6. The lowest BCUT2D eigenvalue weighted by Gasteiger charge is -2.30. The van der Waals surface area contributed by atoms with Gasteiger partial charge in [0.25, 0.3) is 7.82 Å². The third-order valence-corrected chi connectivity index (χ3v) is 15.9. The first kappa shape index (κ1) is 77.5. The maximum Gasteiger partial charge on any atom is 0.306 e. The van der Waals surface area contributed by atoms with Crippen LogP contribution in [0, 0.1) is 0 Å². The number of carbonyl (C=O) groups excluding carboxylic acids is 2. The number of rotatable bonds is 61. The van der Waals surface area contributed by atoms with Gasteiger partial charge in [0.05, 0.1) is 33.8 Å². The van der Waals surface area contributed by atoms with Crippen LogP contribution in [0.4, 0.5) is 0 Å². The second-order valence-corrected chi connectivity index (χ2v) is 25.4. The Labute approximate surface area is 495 Å². The highest BCUT2D eigenvalue weighted by Gasteiger charge is 2.27. The molecule has 1 N–H and O–H groups in total. The number of allylic oxidation sites excluding steroid dienone is 11. The SMILES string of the molecule is CC/C=C\C/C=C\C/C=C\C/C=C\C/C=C\CCCCCCCCCCCC(=O)OC(/C=C/CCCCCCCCCCCCC)C(COP(=O)([O-])OCC[N+](C)(C)C)NC(=O)CCCCCCCCCCCCCCCCCC. The fraction of sp³-hybridized carbons (Fsp3) is 0.800. The van der Waals surface area contributed by atoms with Gasteiger partial charge in [0.2, 0.25) is 5.91 Å². The van der Waals surface area contributed by atoms with Crippen molar-refractivity contribution in [3.8, 4) is 0 Å². The highest BCUT2D eigenvalue weighted by atomic mass is 31.2. The van der Waals surface area contributed by atoms with Gasteiger partial charge in [-0.05, 0) is 76.7 Å². The summed E-state index contributed by atoms with van der Waals surface area (Å²) in [6, 6.07) is -0.891. The number of nitrogens with zero attached hydrogens (tertiary/aromatic N) is 1. The lowest BCUT2D eigenvalue weighted by Crippen LogP contribution is -2.47. The average molecular weight is 1140 g/mol. The number of likely N-dealkylation sites (N-methyl/N-ethyl adjacent to an activating group) is 1. The average Bonchev–Trinajstić information content (AvgIpc) is 3.42. The molecule has 0 rings (SSSR count). The Hall–Kier alpha value is -2.55. The van der Waals surface area contributed by atoms with Crippen molar-refractivity contribution < 1.29 is 37.3 Å². The highest BCUT2D eigenvalue weighted by molar-refractivity contribution is 7.45. The van der Waals surface area contributed by atoms with Gasteiger partial charge in [0.15, 0.2) is 0 Å². The molecule has 0 aromatic heterocycles. The molecule has 0 aromatic carbocycles. The number of ether oxygens (including phenoxy) is 1. The van der Waals surface area contributed by atoms with E-state index in [9.17, 15) is 19.0 Å². The van der Waals surface area contributed by atoms with Gasteiger partial charge in [-0.25, -0.2) is 0 Å². The predicted octanol–water partition coefficient (Wildman–Crippen LogP) is 20.5. The number of nitrogens with one attached hydrogen (secondary N) is 1. The highest BCUT2D eigenvalue weighted by Crippen LogP contribution is 2.38. The number of hydrogen-bond donors (Lipinski definition) is 1. The van der Waals surface area contributed by atoms with Gasteiger partial charge in [-0.3, -0.25) is 14.2 Å². The van der Waals surface area contributed by atoms with Gasteiger partial charge in [-0.1, -0.05) is 293 Å². The number of phosphoric acid groups is 1. The number of amides is 1. The zero-order valence-corrected chi connectivity index (χ0v) is 54.2. The smallest absolute Gasteiger partial charge is 0.306 e. The van der Waals surface area contributed by atoms with Crippen molar-refractivity contribution in [1.82, 2.24) is 5.32 Å². The molecular weight excluding hydrogens is 1010 g/mol. The van der Waals surface area contributed by atoms with E-state index < -0.39 is 20.0 Å². The third-order valence-electron chi connectivity index (χ3n) is 14.9. The van der Waals surface area contributed by atoms with Crippen molar-refractivity contribution >= 4 is 19.7 Å². The van der Waals surface area contributed by atoms with Gasteiger partial charge in [-0.2, -0.15) is 0 Å². The van der Waals surface area contributed by atoms with Crippen molar-refractivity contribution in [2.45, 2.75) is 322 Å². The number of unbranched alkanes of at least 4 members (excludes halogenated alkanes) is 35. The molecule has 0 aliphatic rings. The van der Waals surface area contributed by atoms with Crippen LogP contribution < -0.4 is 10.2 Å². The Kier molecular flexibility index (Phi) is 57.7. The van der Waals surface area contributed by atoms with Crippen LogP contribution in [0.15, 0.2) is 72.9 Å². The zero-order chi connectivity index (χ0) is 58.6. The molecule has 0 spiro atoms. The van der Waals surface area contributed by atoms with E-state index in [2.05, 4.69) is 86.8 Å². The molecule has 9 nitrogen and oxygen atoms in total. The van der Waals surface area contributed by atoms with Gasteiger partial charge in [0.1, 0.15) is 19.3 Å². The Morgan fingerprint density at radius 1 is 0.450 bits per heavy atom. The molecule has 0 saturated carbocycles.